The molecule has 7 heteroatoms. The van der Waals surface area contributed by atoms with Gasteiger partial charge in [-0.25, -0.2) is 0 Å². The molecule has 0 radical (unpaired) electrons. The topological polar surface area (TPSA) is 51.2 Å². The molecule has 1 aliphatic rings. The Kier molecular flexibility index (Phi) is 7.73. The molecule has 29 heavy (non-hydrogen) atoms. The highest BCUT2D eigenvalue weighted by Gasteiger charge is 2.26. The minimum Gasteiger partial charge on any atom is -0.495 e. The van der Waals surface area contributed by atoms with Gasteiger partial charge >= 0.3 is 7.60 Å². The Morgan fingerprint density at radius 1 is 0.897 bits per heavy atom. The summed E-state index contributed by atoms with van der Waals surface area (Å²) in [4.78, 5) is 4.81. The molecule has 0 saturated carbocycles. The van der Waals surface area contributed by atoms with E-state index in [0.717, 1.165) is 44.2 Å². The third-order valence-electron chi connectivity index (χ3n) is 5.06. The van der Waals surface area contributed by atoms with Crippen LogP contribution >= 0.6 is 7.60 Å². The SMILES string of the molecule is CCOP(=O)(OCC)c1ccc(CN2CCN(c3ccccc3OC)CC2)cc1. The first-order valence-corrected chi connectivity index (χ1v) is 11.7. The van der Waals surface area contributed by atoms with E-state index in [1.165, 1.54) is 5.56 Å². The van der Waals surface area contributed by atoms with E-state index in [0.29, 0.717) is 18.5 Å². The third-order valence-corrected chi connectivity index (χ3v) is 7.18. The Bertz CT molecular complexity index is 810. The van der Waals surface area contributed by atoms with Crippen molar-refractivity contribution in [3.8, 4) is 5.75 Å². The van der Waals surface area contributed by atoms with Crippen LogP contribution in [0.4, 0.5) is 5.69 Å². The molecule has 0 unspecified atom stereocenters. The summed E-state index contributed by atoms with van der Waals surface area (Å²) in [5, 5.41) is 0.617. The van der Waals surface area contributed by atoms with E-state index >= 15 is 0 Å². The maximum absolute atomic E-state index is 12.9. The predicted molar refractivity (Wildman–Crippen MR) is 117 cm³/mol. The highest BCUT2D eigenvalue weighted by Crippen LogP contribution is 2.46. The van der Waals surface area contributed by atoms with Gasteiger partial charge in [-0.2, -0.15) is 0 Å². The molecule has 1 saturated heterocycles. The van der Waals surface area contributed by atoms with Gasteiger partial charge in [0.1, 0.15) is 5.75 Å². The van der Waals surface area contributed by atoms with Crippen molar-refractivity contribution in [2.75, 3.05) is 51.4 Å². The largest absolute Gasteiger partial charge is 0.495 e. The molecule has 1 fully saturated rings. The summed E-state index contributed by atoms with van der Waals surface area (Å²) in [5.41, 5.74) is 2.35. The van der Waals surface area contributed by atoms with Gasteiger partial charge in [-0.15, -0.1) is 0 Å². The van der Waals surface area contributed by atoms with Crippen LogP contribution in [0.15, 0.2) is 48.5 Å². The predicted octanol–water partition coefficient (Wildman–Crippen LogP) is 3.91. The van der Waals surface area contributed by atoms with Gasteiger partial charge in [-0.3, -0.25) is 9.46 Å². The summed E-state index contributed by atoms with van der Waals surface area (Å²) in [6.07, 6.45) is 0. The first kappa shape index (κ1) is 21.8. The zero-order chi connectivity index (χ0) is 20.7. The molecule has 3 rings (SSSR count). The summed E-state index contributed by atoms with van der Waals surface area (Å²) in [6, 6.07) is 15.9. The fourth-order valence-electron chi connectivity index (χ4n) is 3.61. The van der Waals surface area contributed by atoms with Crippen LogP contribution in [-0.4, -0.2) is 51.4 Å². The Morgan fingerprint density at radius 2 is 1.52 bits per heavy atom. The normalized spacial score (nSPS) is 15.5. The molecular formula is C22H31N2O4P. The van der Waals surface area contributed by atoms with Gasteiger partial charge in [0.25, 0.3) is 0 Å². The Morgan fingerprint density at radius 3 is 2.10 bits per heavy atom. The third kappa shape index (κ3) is 5.40. The molecule has 0 aromatic heterocycles. The van der Waals surface area contributed by atoms with Crippen molar-refractivity contribution >= 4 is 18.6 Å². The van der Waals surface area contributed by atoms with Gasteiger partial charge in [0, 0.05) is 32.7 Å². The number of hydrogen-bond acceptors (Lipinski definition) is 6. The lowest BCUT2D eigenvalue weighted by Crippen LogP contribution is -2.46. The minimum absolute atomic E-state index is 0.357. The zero-order valence-corrected chi connectivity index (χ0v) is 18.4. The van der Waals surface area contributed by atoms with Crippen LogP contribution in [0.5, 0.6) is 5.75 Å². The fourth-order valence-corrected chi connectivity index (χ4v) is 5.17. The van der Waals surface area contributed by atoms with E-state index < -0.39 is 7.60 Å². The van der Waals surface area contributed by atoms with Gasteiger partial charge in [0.2, 0.25) is 0 Å². The number of rotatable bonds is 9. The first-order valence-electron chi connectivity index (χ1n) is 10.2. The maximum Gasteiger partial charge on any atom is 0.361 e. The molecule has 0 spiro atoms. The molecule has 1 aliphatic heterocycles. The van der Waals surface area contributed by atoms with Gasteiger partial charge in [-0.05, 0) is 43.7 Å². The van der Waals surface area contributed by atoms with Crippen LogP contribution in [0.1, 0.15) is 19.4 Å². The molecule has 0 N–H and O–H groups in total. The Balaban J connectivity index is 1.59. The molecule has 2 aromatic rings. The van der Waals surface area contributed by atoms with Gasteiger partial charge in [0.15, 0.2) is 0 Å². The number of anilines is 1. The van der Waals surface area contributed by atoms with Crippen LogP contribution in [0.25, 0.3) is 0 Å². The average Bonchev–Trinajstić information content (AvgIpc) is 2.75. The van der Waals surface area contributed by atoms with Gasteiger partial charge in [-0.1, -0.05) is 24.3 Å². The Hall–Kier alpha value is -1.85. The second kappa shape index (κ2) is 10.3. The number of hydrogen-bond donors (Lipinski definition) is 0. The Labute approximate surface area is 173 Å². The van der Waals surface area contributed by atoms with Crippen molar-refractivity contribution in [2.45, 2.75) is 20.4 Å². The monoisotopic (exact) mass is 418 g/mol. The maximum atomic E-state index is 12.9. The molecule has 0 amide bonds. The lowest BCUT2D eigenvalue weighted by Gasteiger charge is -2.36. The van der Waals surface area contributed by atoms with E-state index in [2.05, 4.69) is 21.9 Å². The molecular weight excluding hydrogens is 387 g/mol. The quantitative estimate of drug-likeness (QED) is 0.576. The van der Waals surface area contributed by atoms with E-state index in [1.54, 1.807) is 7.11 Å². The molecule has 0 bridgehead atoms. The van der Waals surface area contributed by atoms with Crippen molar-refractivity contribution in [3.05, 3.63) is 54.1 Å². The number of para-hydroxylation sites is 2. The highest BCUT2D eigenvalue weighted by molar-refractivity contribution is 7.62. The summed E-state index contributed by atoms with van der Waals surface area (Å²) in [6.45, 7) is 9.12. The second-order valence-corrected chi connectivity index (χ2v) is 8.96. The number of nitrogens with zero attached hydrogens (tertiary/aromatic N) is 2. The second-order valence-electron chi connectivity index (χ2n) is 6.93. The van der Waals surface area contributed by atoms with E-state index in [1.807, 2.05) is 50.2 Å². The molecule has 2 aromatic carbocycles. The lowest BCUT2D eigenvalue weighted by atomic mass is 10.2. The number of piperazine rings is 1. The van der Waals surface area contributed by atoms with Crippen molar-refractivity contribution in [1.29, 1.82) is 0 Å². The first-order chi connectivity index (χ1) is 14.1. The van der Waals surface area contributed by atoms with Crippen molar-refractivity contribution in [3.63, 3.8) is 0 Å². The van der Waals surface area contributed by atoms with Gasteiger partial charge in [0.05, 0.1) is 31.3 Å². The van der Waals surface area contributed by atoms with Crippen LogP contribution in [0.3, 0.4) is 0 Å². The van der Waals surface area contributed by atoms with Crippen molar-refractivity contribution in [1.82, 2.24) is 4.90 Å². The molecule has 0 aliphatic carbocycles. The van der Waals surface area contributed by atoms with E-state index in [4.69, 9.17) is 13.8 Å². The van der Waals surface area contributed by atoms with E-state index in [9.17, 15) is 4.57 Å². The number of benzene rings is 2. The lowest BCUT2D eigenvalue weighted by molar-refractivity contribution is 0.230. The summed E-state index contributed by atoms with van der Waals surface area (Å²) in [7, 11) is -1.50. The average molecular weight is 418 g/mol. The van der Waals surface area contributed by atoms with Crippen molar-refractivity contribution in [2.24, 2.45) is 0 Å². The van der Waals surface area contributed by atoms with Crippen LogP contribution < -0.4 is 14.9 Å². The summed E-state index contributed by atoms with van der Waals surface area (Å²) in [5.74, 6) is 0.921. The number of methoxy groups -OCH3 is 1. The molecule has 1 heterocycles. The molecule has 158 valence electrons. The summed E-state index contributed by atoms with van der Waals surface area (Å²) < 4.78 is 29.2. The standard InChI is InChI=1S/C22H31N2O4P/c1-4-27-29(25,28-5-2)20-12-10-19(11-13-20)18-23-14-16-24(17-15-23)21-8-6-7-9-22(21)26-3/h6-13H,4-5,14-18H2,1-3H3. The fraction of sp³-hybridized carbons (Fsp3) is 0.455. The van der Waals surface area contributed by atoms with Crippen LogP contribution in [0.2, 0.25) is 0 Å². The smallest absolute Gasteiger partial charge is 0.361 e. The van der Waals surface area contributed by atoms with Crippen molar-refractivity contribution < 1.29 is 18.3 Å². The van der Waals surface area contributed by atoms with Crippen LogP contribution in [0, 0.1) is 0 Å². The minimum atomic E-state index is -3.22. The van der Waals surface area contributed by atoms with E-state index in [-0.39, 0.29) is 0 Å². The summed E-state index contributed by atoms with van der Waals surface area (Å²) >= 11 is 0. The highest BCUT2D eigenvalue weighted by atomic mass is 31.2. The van der Waals surface area contributed by atoms with Crippen LogP contribution in [-0.2, 0) is 20.2 Å². The van der Waals surface area contributed by atoms with Gasteiger partial charge < -0.3 is 18.7 Å². The molecule has 6 nitrogen and oxygen atoms in total. The zero-order valence-electron chi connectivity index (χ0n) is 17.5. The molecule has 0 atom stereocenters. The number of ether oxygens (including phenoxy) is 1.